The van der Waals surface area contributed by atoms with Crippen molar-refractivity contribution in [2.24, 2.45) is 0 Å². The van der Waals surface area contributed by atoms with E-state index in [0.717, 1.165) is 35.0 Å². The fourth-order valence-corrected chi connectivity index (χ4v) is 4.36. The molecule has 0 atom stereocenters. The van der Waals surface area contributed by atoms with Gasteiger partial charge < -0.3 is 14.8 Å². The highest BCUT2D eigenvalue weighted by Crippen LogP contribution is 2.34. The van der Waals surface area contributed by atoms with Crippen molar-refractivity contribution in [2.45, 2.75) is 11.7 Å². The first kappa shape index (κ1) is 23.3. The van der Waals surface area contributed by atoms with Crippen molar-refractivity contribution in [2.75, 3.05) is 17.9 Å². The van der Waals surface area contributed by atoms with Crippen LogP contribution in [0.1, 0.15) is 5.56 Å². The van der Waals surface area contributed by atoms with Crippen molar-refractivity contribution in [3.05, 3.63) is 88.2 Å². The molecule has 4 aromatic rings. The van der Waals surface area contributed by atoms with Crippen molar-refractivity contribution in [1.29, 1.82) is 0 Å². The smallest absolute Gasteiger partial charge is 0.306 e. The molecule has 0 bridgehead atoms. The summed E-state index contributed by atoms with van der Waals surface area (Å²) in [6.45, 7) is 0.593. The minimum Gasteiger partial charge on any atom is -0.454 e. The average Bonchev–Trinajstić information content (AvgIpc) is 3.51. The molecule has 0 unspecified atom stereocenters. The van der Waals surface area contributed by atoms with Crippen LogP contribution >= 0.6 is 11.8 Å². The van der Waals surface area contributed by atoms with Crippen LogP contribution in [-0.4, -0.2) is 38.1 Å². The molecule has 0 saturated heterocycles. The van der Waals surface area contributed by atoms with Gasteiger partial charge in [0.2, 0.25) is 18.5 Å². The summed E-state index contributed by atoms with van der Waals surface area (Å²) in [5.74, 6) is 0.517. The molecule has 1 aromatic heterocycles. The number of nitrogens with zero attached hydrogens (tertiary/aromatic N) is 4. The van der Waals surface area contributed by atoms with E-state index in [-0.39, 0.29) is 18.2 Å². The van der Waals surface area contributed by atoms with Crippen LogP contribution in [0.5, 0.6) is 11.5 Å². The quantitative estimate of drug-likeness (QED) is 0.210. The van der Waals surface area contributed by atoms with Gasteiger partial charge in [0.1, 0.15) is 0 Å². The number of fused-ring (bicyclic) bond motifs is 1. The average molecular weight is 508 g/mol. The number of thioether (sulfide) groups is 1. The summed E-state index contributed by atoms with van der Waals surface area (Å²) in [6.07, 6.45) is 0. The van der Waals surface area contributed by atoms with Crippen LogP contribution in [0.4, 0.5) is 15.8 Å². The number of nitro benzene ring substituents is 1. The standard InChI is InChI=1S/C24H18FN5O5S/c25-18-8-7-17(11-19(18)30(32)33)26-22(31)13-36-24-28-27-23(16-4-2-1-3-5-16)29(24)12-15-6-9-20-21(10-15)35-14-34-20/h1-11H,12-14H2,(H,26,31). The molecule has 0 saturated carbocycles. The third kappa shape index (κ3) is 4.98. The van der Waals surface area contributed by atoms with Gasteiger partial charge in [-0.1, -0.05) is 48.2 Å². The summed E-state index contributed by atoms with van der Waals surface area (Å²) in [4.78, 5) is 22.7. The fourth-order valence-electron chi connectivity index (χ4n) is 3.62. The second-order valence-corrected chi connectivity index (χ2v) is 8.65. The number of benzene rings is 3. The maximum Gasteiger partial charge on any atom is 0.306 e. The molecule has 0 radical (unpaired) electrons. The lowest BCUT2D eigenvalue weighted by atomic mass is 10.2. The van der Waals surface area contributed by atoms with E-state index in [0.29, 0.717) is 29.0 Å². The molecule has 0 fully saturated rings. The zero-order valence-electron chi connectivity index (χ0n) is 18.6. The normalized spacial score (nSPS) is 11.9. The summed E-state index contributed by atoms with van der Waals surface area (Å²) in [7, 11) is 0. The van der Waals surface area contributed by atoms with Crippen molar-refractivity contribution in [1.82, 2.24) is 14.8 Å². The lowest BCUT2D eigenvalue weighted by Crippen LogP contribution is -2.15. The molecule has 1 aliphatic rings. The first-order valence-electron chi connectivity index (χ1n) is 10.7. The number of nitro groups is 1. The van der Waals surface area contributed by atoms with E-state index in [1.807, 2.05) is 53.1 Å². The van der Waals surface area contributed by atoms with E-state index in [2.05, 4.69) is 15.5 Å². The van der Waals surface area contributed by atoms with Crippen molar-refractivity contribution in [3.8, 4) is 22.9 Å². The summed E-state index contributed by atoms with van der Waals surface area (Å²) in [6, 6.07) is 18.4. The topological polar surface area (TPSA) is 121 Å². The van der Waals surface area contributed by atoms with Gasteiger partial charge in [-0.05, 0) is 29.8 Å². The molecule has 182 valence electrons. The Balaban J connectivity index is 1.35. The molecular weight excluding hydrogens is 489 g/mol. The number of nitrogens with one attached hydrogen (secondary N) is 1. The Bertz CT molecular complexity index is 1450. The van der Waals surface area contributed by atoms with Crippen LogP contribution in [0.25, 0.3) is 11.4 Å². The SMILES string of the molecule is O=C(CSc1nnc(-c2ccccc2)n1Cc1ccc2c(c1)OCO2)Nc1ccc(F)c([N+](=O)[O-])c1. The molecular formula is C24H18FN5O5S. The highest BCUT2D eigenvalue weighted by atomic mass is 32.2. The number of anilines is 1. The molecule has 5 rings (SSSR count). The summed E-state index contributed by atoms with van der Waals surface area (Å²) < 4.78 is 26.3. The molecule has 10 nitrogen and oxygen atoms in total. The van der Waals surface area contributed by atoms with E-state index in [4.69, 9.17) is 9.47 Å². The number of rotatable bonds is 8. The highest BCUT2D eigenvalue weighted by Gasteiger charge is 2.19. The van der Waals surface area contributed by atoms with Crippen LogP contribution < -0.4 is 14.8 Å². The van der Waals surface area contributed by atoms with Crippen molar-refractivity contribution < 1.29 is 23.6 Å². The number of carbonyl (C=O) groups is 1. The third-order valence-electron chi connectivity index (χ3n) is 5.29. The van der Waals surface area contributed by atoms with Gasteiger partial charge in [0, 0.05) is 17.3 Å². The van der Waals surface area contributed by atoms with Gasteiger partial charge in [-0.2, -0.15) is 4.39 Å². The van der Waals surface area contributed by atoms with Crippen molar-refractivity contribution >= 4 is 29.0 Å². The number of halogens is 1. The van der Waals surface area contributed by atoms with E-state index in [9.17, 15) is 19.3 Å². The molecule has 1 amide bonds. The number of ether oxygens (including phenoxy) is 2. The number of carbonyl (C=O) groups excluding carboxylic acids is 1. The molecule has 12 heteroatoms. The van der Waals surface area contributed by atoms with Crippen molar-refractivity contribution in [3.63, 3.8) is 0 Å². The molecule has 1 N–H and O–H groups in total. The van der Waals surface area contributed by atoms with Crippen LogP contribution in [0, 0.1) is 15.9 Å². The van der Waals surface area contributed by atoms with Gasteiger partial charge in [0.15, 0.2) is 22.5 Å². The van der Waals surface area contributed by atoms with Gasteiger partial charge in [-0.25, -0.2) is 0 Å². The Morgan fingerprint density at radius 3 is 2.69 bits per heavy atom. The van der Waals surface area contributed by atoms with Crippen LogP contribution in [0.2, 0.25) is 0 Å². The second-order valence-electron chi connectivity index (χ2n) is 7.71. The molecule has 0 spiro atoms. The second kappa shape index (κ2) is 10.0. The maximum atomic E-state index is 13.6. The first-order chi connectivity index (χ1) is 17.5. The number of hydrogen-bond acceptors (Lipinski definition) is 8. The van der Waals surface area contributed by atoms with Gasteiger partial charge in [0.25, 0.3) is 0 Å². The minimum absolute atomic E-state index is 0.0424. The van der Waals surface area contributed by atoms with Crippen LogP contribution in [0.3, 0.4) is 0 Å². The largest absolute Gasteiger partial charge is 0.454 e. The number of amides is 1. The van der Waals surface area contributed by atoms with Crippen LogP contribution in [-0.2, 0) is 11.3 Å². The van der Waals surface area contributed by atoms with E-state index in [1.54, 1.807) is 0 Å². The lowest BCUT2D eigenvalue weighted by Gasteiger charge is -2.11. The highest BCUT2D eigenvalue weighted by molar-refractivity contribution is 7.99. The lowest BCUT2D eigenvalue weighted by molar-refractivity contribution is -0.387. The number of aromatic nitrogens is 3. The summed E-state index contributed by atoms with van der Waals surface area (Å²) >= 11 is 1.16. The minimum atomic E-state index is -0.975. The monoisotopic (exact) mass is 507 g/mol. The van der Waals surface area contributed by atoms with Gasteiger partial charge in [0.05, 0.1) is 17.2 Å². The summed E-state index contributed by atoms with van der Waals surface area (Å²) in [5, 5.41) is 22.6. The predicted molar refractivity (Wildman–Crippen MR) is 130 cm³/mol. The van der Waals surface area contributed by atoms with Gasteiger partial charge in [-0.15, -0.1) is 10.2 Å². The Kier molecular flexibility index (Phi) is 6.50. The fraction of sp³-hybridized carbons (Fsp3) is 0.125. The zero-order valence-corrected chi connectivity index (χ0v) is 19.4. The van der Waals surface area contributed by atoms with Gasteiger partial charge >= 0.3 is 5.69 Å². The van der Waals surface area contributed by atoms with Crippen LogP contribution in [0.15, 0.2) is 71.9 Å². The Morgan fingerprint density at radius 2 is 1.89 bits per heavy atom. The van der Waals surface area contributed by atoms with E-state index < -0.39 is 22.3 Å². The molecule has 36 heavy (non-hydrogen) atoms. The Labute approximate surface area is 208 Å². The summed E-state index contributed by atoms with van der Waals surface area (Å²) in [5.41, 5.74) is 1.21. The number of hydrogen-bond donors (Lipinski definition) is 1. The Morgan fingerprint density at radius 1 is 1.08 bits per heavy atom. The molecule has 0 aliphatic carbocycles. The third-order valence-corrected chi connectivity index (χ3v) is 6.25. The predicted octanol–water partition coefficient (Wildman–Crippen LogP) is 4.50. The zero-order chi connectivity index (χ0) is 25.1. The molecule has 3 aromatic carbocycles. The first-order valence-corrected chi connectivity index (χ1v) is 11.7. The van der Waals surface area contributed by atoms with Gasteiger partial charge in [-0.3, -0.25) is 19.5 Å². The maximum absolute atomic E-state index is 13.6. The molecule has 2 heterocycles. The van der Waals surface area contributed by atoms with E-state index in [1.165, 1.54) is 6.07 Å². The molecule has 1 aliphatic heterocycles. The van der Waals surface area contributed by atoms with E-state index >= 15 is 0 Å². The Hall–Kier alpha value is -4.45.